The first-order valence-corrected chi connectivity index (χ1v) is 5.94. The average Bonchev–Trinajstić information content (AvgIpc) is 2.14. The van der Waals surface area contributed by atoms with Gasteiger partial charge in [-0.05, 0) is 18.4 Å². The maximum Gasteiger partial charge on any atom is 0.0837 e. The first-order chi connectivity index (χ1) is 6.51. The summed E-state index contributed by atoms with van der Waals surface area (Å²) >= 11 is 5.78. The highest BCUT2D eigenvalue weighted by molar-refractivity contribution is 6.18. The fraction of sp³-hybridized carbons (Fsp3) is 1.00. The van der Waals surface area contributed by atoms with Gasteiger partial charge in [0.1, 0.15) is 0 Å². The first-order valence-electron chi connectivity index (χ1n) is 5.41. The van der Waals surface area contributed by atoms with E-state index in [4.69, 9.17) is 16.3 Å². The van der Waals surface area contributed by atoms with E-state index in [0.717, 1.165) is 19.7 Å². The summed E-state index contributed by atoms with van der Waals surface area (Å²) in [5.41, 5.74) is 0.425. The van der Waals surface area contributed by atoms with Crippen molar-refractivity contribution >= 4 is 11.6 Å². The zero-order valence-corrected chi connectivity index (χ0v) is 10.3. The molecule has 1 aliphatic heterocycles. The molecule has 0 radical (unpaired) electrons. The molecule has 84 valence electrons. The number of rotatable bonds is 3. The third-order valence-corrected chi connectivity index (χ3v) is 2.92. The Morgan fingerprint density at radius 1 is 1.43 bits per heavy atom. The van der Waals surface area contributed by atoms with Crippen molar-refractivity contribution in [2.75, 3.05) is 32.1 Å². The lowest BCUT2D eigenvalue weighted by molar-refractivity contribution is -0.0191. The van der Waals surface area contributed by atoms with Crippen LogP contribution in [0.25, 0.3) is 0 Å². The van der Waals surface area contributed by atoms with E-state index >= 15 is 0 Å². The van der Waals surface area contributed by atoms with Gasteiger partial charge in [-0.3, -0.25) is 4.90 Å². The van der Waals surface area contributed by atoms with Crippen molar-refractivity contribution in [1.82, 2.24) is 4.90 Å². The van der Waals surface area contributed by atoms with Gasteiger partial charge in [-0.2, -0.15) is 0 Å². The molecule has 1 saturated heterocycles. The van der Waals surface area contributed by atoms with E-state index in [-0.39, 0.29) is 6.10 Å². The summed E-state index contributed by atoms with van der Waals surface area (Å²) in [5.74, 6) is 0.617. The van der Waals surface area contributed by atoms with Gasteiger partial charge in [0.05, 0.1) is 12.7 Å². The second-order valence-electron chi connectivity index (χ2n) is 5.26. The quantitative estimate of drug-likeness (QED) is 0.676. The van der Waals surface area contributed by atoms with Crippen LogP contribution in [0.4, 0.5) is 0 Å². The highest BCUT2D eigenvalue weighted by Crippen LogP contribution is 2.19. The molecule has 2 nitrogen and oxygen atoms in total. The summed E-state index contributed by atoms with van der Waals surface area (Å²) in [7, 11) is 0. The van der Waals surface area contributed by atoms with Gasteiger partial charge in [0.25, 0.3) is 0 Å². The number of ether oxygens (including phenoxy) is 1. The van der Waals surface area contributed by atoms with Gasteiger partial charge in [-0.15, -0.1) is 11.6 Å². The van der Waals surface area contributed by atoms with Gasteiger partial charge in [0.15, 0.2) is 0 Å². The molecule has 0 aromatic rings. The minimum Gasteiger partial charge on any atom is -0.374 e. The SMILES string of the molecule is CC(C)(C)CCN1CCOC(CCl)C1. The van der Waals surface area contributed by atoms with Gasteiger partial charge >= 0.3 is 0 Å². The third-order valence-electron chi connectivity index (χ3n) is 2.57. The van der Waals surface area contributed by atoms with E-state index in [1.165, 1.54) is 13.0 Å². The van der Waals surface area contributed by atoms with Crippen LogP contribution in [-0.4, -0.2) is 43.1 Å². The van der Waals surface area contributed by atoms with Crippen molar-refractivity contribution in [3.05, 3.63) is 0 Å². The van der Waals surface area contributed by atoms with Gasteiger partial charge in [-0.25, -0.2) is 0 Å². The molecule has 0 bridgehead atoms. The zero-order chi connectivity index (χ0) is 10.6. The van der Waals surface area contributed by atoms with Crippen LogP contribution < -0.4 is 0 Å². The molecule has 1 rings (SSSR count). The Balaban J connectivity index is 2.24. The number of hydrogen-bond acceptors (Lipinski definition) is 2. The van der Waals surface area contributed by atoms with Crippen molar-refractivity contribution in [3.8, 4) is 0 Å². The summed E-state index contributed by atoms with van der Waals surface area (Å²) in [4.78, 5) is 2.46. The summed E-state index contributed by atoms with van der Waals surface area (Å²) in [6.07, 6.45) is 1.48. The van der Waals surface area contributed by atoms with Crippen molar-refractivity contribution in [3.63, 3.8) is 0 Å². The van der Waals surface area contributed by atoms with E-state index in [1.807, 2.05) is 0 Å². The van der Waals surface area contributed by atoms with E-state index in [1.54, 1.807) is 0 Å². The lowest BCUT2D eigenvalue weighted by Gasteiger charge is -2.33. The molecule has 1 heterocycles. The highest BCUT2D eigenvalue weighted by atomic mass is 35.5. The largest absolute Gasteiger partial charge is 0.374 e. The molecule has 0 aromatic carbocycles. The van der Waals surface area contributed by atoms with Gasteiger partial charge in [0, 0.05) is 19.0 Å². The van der Waals surface area contributed by atoms with Crippen LogP contribution in [0.5, 0.6) is 0 Å². The molecule has 0 N–H and O–H groups in total. The second kappa shape index (κ2) is 5.34. The minimum atomic E-state index is 0.241. The van der Waals surface area contributed by atoms with Crippen molar-refractivity contribution in [2.45, 2.75) is 33.3 Å². The van der Waals surface area contributed by atoms with Crippen LogP contribution in [0.1, 0.15) is 27.2 Å². The van der Waals surface area contributed by atoms with Crippen molar-refractivity contribution in [1.29, 1.82) is 0 Å². The normalized spacial score (nSPS) is 25.3. The smallest absolute Gasteiger partial charge is 0.0837 e. The van der Waals surface area contributed by atoms with Crippen LogP contribution in [0.15, 0.2) is 0 Å². The van der Waals surface area contributed by atoms with E-state index in [2.05, 4.69) is 25.7 Å². The number of morpholine rings is 1. The van der Waals surface area contributed by atoms with E-state index in [9.17, 15) is 0 Å². The minimum absolute atomic E-state index is 0.241. The molecule has 3 heteroatoms. The molecule has 0 spiro atoms. The Labute approximate surface area is 92.6 Å². The lowest BCUT2D eigenvalue weighted by Crippen LogP contribution is -2.44. The average molecular weight is 220 g/mol. The Morgan fingerprint density at radius 3 is 2.71 bits per heavy atom. The fourth-order valence-corrected chi connectivity index (χ4v) is 1.76. The molecular weight excluding hydrogens is 198 g/mol. The van der Waals surface area contributed by atoms with E-state index in [0.29, 0.717) is 11.3 Å². The predicted molar refractivity (Wildman–Crippen MR) is 61.0 cm³/mol. The summed E-state index contributed by atoms with van der Waals surface area (Å²) in [6.45, 7) is 10.9. The van der Waals surface area contributed by atoms with Crippen molar-refractivity contribution < 1.29 is 4.74 Å². The molecule has 1 aliphatic rings. The second-order valence-corrected chi connectivity index (χ2v) is 5.57. The number of hydrogen-bond donors (Lipinski definition) is 0. The monoisotopic (exact) mass is 219 g/mol. The molecule has 0 saturated carbocycles. The molecule has 0 aromatic heterocycles. The van der Waals surface area contributed by atoms with Crippen LogP contribution in [0.2, 0.25) is 0 Å². The Kier molecular flexibility index (Phi) is 4.68. The Morgan fingerprint density at radius 2 is 2.14 bits per heavy atom. The molecule has 0 aliphatic carbocycles. The maximum absolute atomic E-state index is 5.78. The molecule has 0 amide bonds. The molecular formula is C11H22ClNO. The van der Waals surface area contributed by atoms with Gasteiger partial charge < -0.3 is 4.74 Å². The Bertz CT molecular complexity index is 167. The molecule has 1 fully saturated rings. The lowest BCUT2D eigenvalue weighted by atomic mass is 9.92. The maximum atomic E-state index is 5.78. The summed E-state index contributed by atoms with van der Waals surface area (Å²) in [6, 6.07) is 0. The summed E-state index contributed by atoms with van der Waals surface area (Å²) in [5, 5.41) is 0. The topological polar surface area (TPSA) is 12.5 Å². The highest BCUT2D eigenvalue weighted by Gasteiger charge is 2.20. The fourth-order valence-electron chi connectivity index (χ4n) is 1.57. The van der Waals surface area contributed by atoms with Gasteiger partial charge in [-0.1, -0.05) is 20.8 Å². The predicted octanol–water partition coefficient (Wildman–Crippen LogP) is 2.36. The van der Waals surface area contributed by atoms with Crippen molar-refractivity contribution in [2.24, 2.45) is 5.41 Å². The number of halogens is 1. The molecule has 14 heavy (non-hydrogen) atoms. The van der Waals surface area contributed by atoms with Gasteiger partial charge in [0.2, 0.25) is 0 Å². The standard InChI is InChI=1S/C11H22ClNO/c1-11(2,3)4-5-13-6-7-14-10(8-12)9-13/h10H,4-9H2,1-3H3. The van der Waals surface area contributed by atoms with Crippen LogP contribution in [0.3, 0.4) is 0 Å². The first kappa shape index (κ1) is 12.3. The zero-order valence-electron chi connectivity index (χ0n) is 9.55. The van der Waals surface area contributed by atoms with Crippen LogP contribution >= 0.6 is 11.6 Å². The third kappa shape index (κ3) is 4.63. The molecule has 1 unspecified atom stereocenters. The summed E-state index contributed by atoms with van der Waals surface area (Å²) < 4.78 is 5.52. The van der Waals surface area contributed by atoms with Crippen LogP contribution in [-0.2, 0) is 4.74 Å². The number of nitrogens with zero attached hydrogens (tertiary/aromatic N) is 1. The van der Waals surface area contributed by atoms with Crippen LogP contribution in [0, 0.1) is 5.41 Å². The molecule has 1 atom stereocenters. The Hall–Kier alpha value is 0.210. The van der Waals surface area contributed by atoms with E-state index < -0.39 is 0 Å². The number of alkyl halides is 1.